The maximum absolute atomic E-state index is 14.4. The van der Waals surface area contributed by atoms with E-state index in [0.29, 0.717) is 33.5 Å². The lowest BCUT2D eigenvalue weighted by Gasteiger charge is -2.29. The lowest BCUT2D eigenvalue weighted by molar-refractivity contribution is -0.118. The van der Waals surface area contributed by atoms with E-state index in [1.54, 1.807) is 36.4 Å². The van der Waals surface area contributed by atoms with E-state index in [9.17, 15) is 22.4 Å². The van der Waals surface area contributed by atoms with Crippen molar-refractivity contribution in [2.75, 3.05) is 18.4 Å². The number of benzene rings is 3. The molecule has 200 valence electrons. The molecule has 0 saturated carbocycles. The number of hydrogen-bond donors (Lipinski definition) is 2. The van der Waals surface area contributed by atoms with Gasteiger partial charge in [0.25, 0.3) is 11.8 Å². The van der Waals surface area contributed by atoms with Crippen LogP contribution in [0.15, 0.2) is 80.6 Å². The molecule has 0 aliphatic carbocycles. The summed E-state index contributed by atoms with van der Waals surface area (Å²) in [7, 11) is -3.84. The van der Waals surface area contributed by atoms with Gasteiger partial charge >= 0.3 is 0 Å². The molecule has 3 aromatic carbocycles. The summed E-state index contributed by atoms with van der Waals surface area (Å²) in [5, 5.41) is 5.20. The first-order chi connectivity index (χ1) is 18.1. The maximum Gasteiger partial charge on any atom is 0.252 e. The molecule has 11 heteroatoms. The first-order valence-corrected chi connectivity index (χ1v) is 15.0. The molecule has 0 spiro atoms. The van der Waals surface area contributed by atoms with Gasteiger partial charge in [-0.3, -0.25) is 9.59 Å². The molecule has 7 nitrogen and oxygen atoms in total. The zero-order valence-corrected chi connectivity index (χ0v) is 24.4. The van der Waals surface area contributed by atoms with Crippen LogP contribution in [-0.4, -0.2) is 37.6 Å². The number of amides is 2. The van der Waals surface area contributed by atoms with Gasteiger partial charge < -0.3 is 10.6 Å². The van der Waals surface area contributed by atoms with Gasteiger partial charge in [-0.1, -0.05) is 53.2 Å². The number of piperidine rings is 1. The second-order valence-electron chi connectivity index (χ2n) is 9.16. The molecule has 2 amide bonds. The number of nitrogens with one attached hydrogen (secondary N) is 2. The fourth-order valence-electron chi connectivity index (χ4n) is 4.16. The highest BCUT2D eigenvalue weighted by Gasteiger charge is 2.31. The Hall–Kier alpha value is -2.60. The van der Waals surface area contributed by atoms with E-state index in [1.807, 2.05) is 0 Å². The van der Waals surface area contributed by atoms with Crippen LogP contribution in [0.4, 0.5) is 10.1 Å². The van der Waals surface area contributed by atoms with Crippen LogP contribution >= 0.6 is 31.9 Å². The predicted octanol–water partition coefficient (Wildman–Crippen LogP) is 5.88. The highest BCUT2D eigenvalue weighted by molar-refractivity contribution is 9.10. The third-order valence-electron chi connectivity index (χ3n) is 6.41. The van der Waals surface area contributed by atoms with Crippen LogP contribution in [0.3, 0.4) is 0 Å². The van der Waals surface area contributed by atoms with E-state index in [0.717, 1.165) is 12.8 Å². The molecule has 1 aliphatic rings. The summed E-state index contributed by atoms with van der Waals surface area (Å²) in [6.45, 7) is 2.92. The number of sulfonamides is 1. The molecule has 0 radical (unpaired) electrons. The van der Waals surface area contributed by atoms with Crippen molar-refractivity contribution in [2.45, 2.75) is 30.7 Å². The monoisotopic (exact) mass is 665 g/mol. The van der Waals surface area contributed by atoms with E-state index in [1.165, 1.54) is 34.6 Å². The minimum Gasteiger partial charge on any atom is -0.336 e. The summed E-state index contributed by atoms with van der Waals surface area (Å²) in [4.78, 5) is 26.5. The fraction of sp³-hybridized carbons (Fsp3) is 0.259. The molecule has 0 bridgehead atoms. The van der Waals surface area contributed by atoms with Gasteiger partial charge in [0.1, 0.15) is 11.9 Å². The Kier molecular flexibility index (Phi) is 9.02. The molecule has 2 N–H and O–H groups in total. The van der Waals surface area contributed by atoms with Crippen LogP contribution in [0.5, 0.6) is 0 Å². The quantitative estimate of drug-likeness (QED) is 0.329. The molecule has 1 saturated heterocycles. The van der Waals surface area contributed by atoms with Crippen molar-refractivity contribution in [3.63, 3.8) is 0 Å². The average Bonchev–Trinajstić information content (AvgIpc) is 2.89. The topological polar surface area (TPSA) is 95.6 Å². The average molecular weight is 667 g/mol. The van der Waals surface area contributed by atoms with Gasteiger partial charge in [0.05, 0.1) is 10.6 Å². The van der Waals surface area contributed by atoms with Gasteiger partial charge in [0, 0.05) is 27.6 Å². The smallest absolute Gasteiger partial charge is 0.252 e. The standard InChI is InChI=1S/C27H26Br2FN3O4S/c1-17-11-13-33(14-12-17)38(36,37)24-15-19(7-9-21(24)29)26(34)32-25(18-5-3-2-4-6-18)27(35)31-23-10-8-20(28)16-22(23)30/h2-10,15-17,25H,11-14H2,1H3,(H,31,35)(H,32,34). The number of anilines is 1. The summed E-state index contributed by atoms with van der Waals surface area (Å²) < 4.78 is 43.4. The van der Waals surface area contributed by atoms with Crippen molar-refractivity contribution in [1.82, 2.24) is 9.62 Å². The highest BCUT2D eigenvalue weighted by atomic mass is 79.9. The molecule has 4 rings (SSSR count). The van der Waals surface area contributed by atoms with Crippen molar-refractivity contribution in [1.29, 1.82) is 0 Å². The van der Waals surface area contributed by atoms with Crippen molar-refractivity contribution in [3.05, 3.63) is 92.6 Å². The van der Waals surface area contributed by atoms with Gasteiger partial charge in [-0.15, -0.1) is 0 Å². The first kappa shape index (κ1) is 28.4. The molecular weight excluding hydrogens is 641 g/mol. The summed E-state index contributed by atoms with van der Waals surface area (Å²) >= 11 is 6.49. The van der Waals surface area contributed by atoms with Crippen LogP contribution < -0.4 is 10.6 Å². The van der Waals surface area contributed by atoms with Gasteiger partial charge in [-0.05, 0) is 76.7 Å². The lowest BCUT2D eigenvalue weighted by atomic mass is 10.0. The van der Waals surface area contributed by atoms with Crippen molar-refractivity contribution in [2.24, 2.45) is 5.92 Å². The predicted molar refractivity (Wildman–Crippen MR) is 151 cm³/mol. The molecule has 1 atom stereocenters. The highest BCUT2D eigenvalue weighted by Crippen LogP contribution is 2.30. The number of hydrogen-bond acceptors (Lipinski definition) is 4. The first-order valence-electron chi connectivity index (χ1n) is 12.0. The minimum absolute atomic E-state index is 0.0163. The Morgan fingerprint density at radius 3 is 2.34 bits per heavy atom. The maximum atomic E-state index is 14.4. The summed E-state index contributed by atoms with van der Waals surface area (Å²) in [6.07, 6.45) is 1.54. The number of halogens is 3. The SMILES string of the molecule is CC1CCN(S(=O)(=O)c2cc(C(=O)NC(C(=O)Nc3ccc(Br)cc3F)c3ccccc3)ccc2Br)CC1. The molecule has 1 heterocycles. The molecule has 0 aromatic heterocycles. The zero-order chi connectivity index (χ0) is 27.4. The molecule has 1 fully saturated rings. The minimum atomic E-state index is -3.84. The zero-order valence-electron chi connectivity index (χ0n) is 20.5. The summed E-state index contributed by atoms with van der Waals surface area (Å²) in [5.41, 5.74) is 0.505. The summed E-state index contributed by atoms with van der Waals surface area (Å²) in [6, 6.07) is 15.9. The number of nitrogens with zero attached hydrogens (tertiary/aromatic N) is 1. The summed E-state index contributed by atoms with van der Waals surface area (Å²) in [5.74, 6) is -1.49. The lowest BCUT2D eigenvalue weighted by Crippen LogP contribution is -2.38. The molecule has 1 unspecified atom stereocenters. The van der Waals surface area contributed by atoms with Gasteiger partial charge in [-0.25, -0.2) is 12.8 Å². The van der Waals surface area contributed by atoms with Crippen LogP contribution in [0.25, 0.3) is 0 Å². The Balaban J connectivity index is 1.60. The van der Waals surface area contributed by atoms with Gasteiger partial charge in [0.15, 0.2) is 0 Å². The van der Waals surface area contributed by atoms with Crippen LogP contribution in [-0.2, 0) is 14.8 Å². The van der Waals surface area contributed by atoms with E-state index in [2.05, 4.69) is 49.4 Å². The fourth-order valence-corrected chi connectivity index (χ4v) is 6.92. The number of carbonyl (C=O) groups is 2. The molecule has 38 heavy (non-hydrogen) atoms. The Morgan fingerprint density at radius 2 is 1.68 bits per heavy atom. The molecule has 1 aliphatic heterocycles. The second kappa shape index (κ2) is 12.1. The normalized spacial score (nSPS) is 15.6. The van der Waals surface area contributed by atoms with Crippen LogP contribution in [0, 0.1) is 11.7 Å². The van der Waals surface area contributed by atoms with Crippen molar-refractivity contribution < 1.29 is 22.4 Å². The van der Waals surface area contributed by atoms with E-state index >= 15 is 0 Å². The van der Waals surface area contributed by atoms with Crippen LogP contribution in [0.1, 0.15) is 41.7 Å². The second-order valence-corrected chi connectivity index (χ2v) is 12.8. The third-order valence-corrected chi connectivity index (χ3v) is 9.80. The van der Waals surface area contributed by atoms with Gasteiger partial charge in [0.2, 0.25) is 10.0 Å². The number of carbonyl (C=O) groups excluding carboxylic acids is 2. The van der Waals surface area contributed by atoms with Crippen molar-refractivity contribution >= 4 is 59.4 Å². The van der Waals surface area contributed by atoms with Crippen molar-refractivity contribution in [3.8, 4) is 0 Å². The Morgan fingerprint density at radius 1 is 1.00 bits per heavy atom. The van der Waals surface area contributed by atoms with Crippen LogP contribution in [0.2, 0.25) is 0 Å². The molecule has 3 aromatic rings. The van der Waals surface area contributed by atoms with Gasteiger partial charge in [-0.2, -0.15) is 4.31 Å². The number of rotatable bonds is 7. The van der Waals surface area contributed by atoms with E-state index in [4.69, 9.17) is 0 Å². The van der Waals surface area contributed by atoms with E-state index < -0.39 is 33.7 Å². The Bertz CT molecular complexity index is 1450. The molecular formula is C27H26Br2FN3O4S. The van der Waals surface area contributed by atoms with E-state index in [-0.39, 0.29) is 16.1 Å². The Labute approximate surface area is 238 Å². The largest absolute Gasteiger partial charge is 0.336 e. The third kappa shape index (κ3) is 6.51.